The molecule has 0 atom stereocenters. The van der Waals surface area contributed by atoms with Gasteiger partial charge in [0.2, 0.25) is 5.89 Å². The van der Waals surface area contributed by atoms with Gasteiger partial charge < -0.3 is 9.14 Å². The van der Waals surface area contributed by atoms with Crippen LogP contribution in [0.25, 0.3) is 17.3 Å². The molecule has 0 amide bonds. The quantitative estimate of drug-likeness (QED) is 0.396. The molecule has 29 heavy (non-hydrogen) atoms. The van der Waals surface area contributed by atoms with E-state index in [1.807, 2.05) is 12.3 Å². The highest BCUT2D eigenvalue weighted by Crippen LogP contribution is 2.30. The summed E-state index contributed by atoms with van der Waals surface area (Å²) in [7, 11) is 0. The van der Waals surface area contributed by atoms with E-state index in [1.165, 1.54) is 23.8 Å². The lowest BCUT2D eigenvalue weighted by molar-refractivity contribution is 0.574. The number of hydrogen-bond acceptors (Lipinski definition) is 6. The van der Waals surface area contributed by atoms with Gasteiger partial charge in [-0.3, -0.25) is 0 Å². The summed E-state index contributed by atoms with van der Waals surface area (Å²) in [5.41, 5.74) is 2.94. The minimum absolute atomic E-state index is 0.126. The van der Waals surface area contributed by atoms with Crippen LogP contribution in [0.2, 0.25) is 5.02 Å². The standard InChI is InChI=1S/C21H20ClN5OS/c1-21(2,3)15-4-6-17(7-5-15)29-26-18-10-16(22)12-24-19(18)27-13-14(11-25-27)20-23-8-9-28-20/h4-13,26H,1-3H3. The minimum Gasteiger partial charge on any atom is -0.444 e. The number of aromatic nitrogens is 4. The largest absolute Gasteiger partial charge is 0.444 e. The lowest BCUT2D eigenvalue weighted by Gasteiger charge is -2.19. The summed E-state index contributed by atoms with van der Waals surface area (Å²) in [6.07, 6.45) is 8.22. The van der Waals surface area contributed by atoms with E-state index in [0.717, 1.165) is 16.1 Å². The Balaban J connectivity index is 1.56. The van der Waals surface area contributed by atoms with Crippen molar-refractivity contribution in [2.75, 3.05) is 4.72 Å². The van der Waals surface area contributed by atoms with Gasteiger partial charge in [-0.1, -0.05) is 44.5 Å². The molecule has 6 nitrogen and oxygen atoms in total. The first-order valence-electron chi connectivity index (χ1n) is 9.04. The fourth-order valence-electron chi connectivity index (χ4n) is 2.74. The molecule has 1 N–H and O–H groups in total. The van der Waals surface area contributed by atoms with Crippen LogP contribution in [0, 0.1) is 0 Å². The highest BCUT2D eigenvalue weighted by Gasteiger charge is 2.14. The number of hydrogen-bond donors (Lipinski definition) is 1. The first-order valence-corrected chi connectivity index (χ1v) is 10.2. The van der Waals surface area contributed by atoms with Gasteiger partial charge in [0.05, 0.1) is 28.7 Å². The summed E-state index contributed by atoms with van der Waals surface area (Å²) in [5, 5.41) is 4.93. The monoisotopic (exact) mass is 425 g/mol. The van der Waals surface area contributed by atoms with Gasteiger partial charge in [-0.15, -0.1) is 0 Å². The van der Waals surface area contributed by atoms with Crippen molar-refractivity contribution in [1.82, 2.24) is 19.7 Å². The summed E-state index contributed by atoms with van der Waals surface area (Å²) >= 11 is 7.67. The summed E-state index contributed by atoms with van der Waals surface area (Å²) in [4.78, 5) is 9.68. The number of oxazole rings is 1. The summed E-state index contributed by atoms with van der Waals surface area (Å²) in [5.74, 6) is 1.14. The van der Waals surface area contributed by atoms with Crippen molar-refractivity contribution >= 4 is 29.2 Å². The van der Waals surface area contributed by atoms with Crippen molar-refractivity contribution in [3.63, 3.8) is 0 Å². The van der Waals surface area contributed by atoms with E-state index >= 15 is 0 Å². The molecule has 0 fully saturated rings. The van der Waals surface area contributed by atoms with E-state index < -0.39 is 0 Å². The molecular formula is C21H20ClN5OS. The average Bonchev–Trinajstić information content (AvgIpc) is 3.38. The van der Waals surface area contributed by atoms with Gasteiger partial charge in [-0.2, -0.15) is 5.10 Å². The van der Waals surface area contributed by atoms with Gasteiger partial charge in [-0.05, 0) is 41.1 Å². The Hall–Kier alpha value is -2.77. The van der Waals surface area contributed by atoms with Gasteiger partial charge in [-0.25, -0.2) is 14.6 Å². The second-order valence-electron chi connectivity index (χ2n) is 7.51. The van der Waals surface area contributed by atoms with E-state index in [4.69, 9.17) is 16.0 Å². The Kier molecular flexibility index (Phi) is 5.34. The predicted octanol–water partition coefficient (Wildman–Crippen LogP) is 5.99. The third-order valence-corrected chi connectivity index (χ3v) is 5.35. The minimum atomic E-state index is 0.126. The Morgan fingerprint density at radius 2 is 1.90 bits per heavy atom. The molecule has 4 aromatic rings. The second kappa shape index (κ2) is 7.93. The van der Waals surface area contributed by atoms with Gasteiger partial charge in [0, 0.05) is 17.3 Å². The normalized spacial score (nSPS) is 11.6. The van der Waals surface area contributed by atoms with Crippen LogP contribution in [0.4, 0.5) is 5.69 Å². The van der Waals surface area contributed by atoms with E-state index in [9.17, 15) is 0 Å². The van der Waals surface area contributed by atoms with Crippen molar-refractivity contribution in [1.29, 1.82) is 0 Å². The van der Waals surface area contributed by atoms with Gasteiger partial charge >= 0.3 is 0 Å². The van der Waals surface area contributed by atoms with Crippen LogP contribution in [0.15, 0.2) is 70.7 Å². The molecule has 0 saturated carbocycles. The van der Waals surface area contributed by atoms with Crippen LogP contribution in [0.1, 0.15) is 26.3 Å². The zero-order chi connectivity index (χ0) is 20.4. The SMILES string of the molecule is CC(C)(C)c1ccc(SNc2cc(Cl)cnc2-n2cc(-c3ncco3)cn2)cc1. The van der Waals surface area contributed by atoms with E-state index in [1.54, 1.807) is 23.3 Å². The van der Waals surface area contributed by atoms with Crippen molar-refractivity contribution in [2.24, 2.45) is 0 Å². The first kappa shape index (κ1) is 19.5. The lowest BCUT2D eigenvalue weighted by atomic mass is 9.87. The zero-order valence-electron chi connectivity index (χ0n) is 16.3. The second-order valence-corrected chi connectivity index (χ2v) is 8.83. The zero-order valence-corrected chi connectivity index (χ0v) is 17.8. The van der Waals surface area contributed by atoms with Crippen molar-refractivity contribution < 1.29 is 4.42 Å². The molecule has 0 unspecified atom stereocenters. The maximum atomic E-state index is 6.18. The topological polar surface area (TPSA) is 68.8 Å². The summed E-state index contributed by atoms with van der Waals surface area (Å²) < 4.78 is 10.3. The van der Waals surface area contributed by atoms with E-state index in [0.29, 0.717) is 16.7 Å². The number of nitrogens with one attached hydrogen (secondary N) is 1. The van der Waals surface area contributed by atoms with Crippen LogP contribution < -0.4 is 4.72 Å². The van der Waals surface area contributed by atoms with Crippen LogP contribution in [-0.2, 0) is 5.41 Å². The maximum Gasteiger partial charge on any atom is 0.229 e. The molecule has 148 valence electrons. The number of anilines is 1. The third kappa shape index (κ3) is 4.46. The molecule has 0 spiro atoms. The lowest BCUT2D eigenvalue weighted by Crippen LogP contribution is -2.10. The number of pyridine rings is 1. The first-order chi connectivity index (χ1) is 13.9. The summed E-state index contributed by atoms with van der Waals surface area (Å²) in [6.45, 7) is 6.61. The van der Waals surface area contributed by atoms with Gasteiger partial charge in [0.1, 0.15) is 6.26 Å². The molecule has 0 aliphatic rings. The van der Waals surface area contributed by atoms with Gasteiger partial charge in [0.25, 0.3) is 0 Å². The predicted molar refractivity (Wildman–Crippen MR) is 116 cm³/mol. The summed E-state index contributed by atoms with van der Waals surface area (Å²) in [6, 6.07) is 10.3. The number of nitrogens with zero attached hydrogens (tertiary/aromatic N) is 4. The average molecular weight is 426 g/mol. The van der Waals surface area contributed by atoms with Crippen LogP contribution in [0.5, 0.6) is 0 Å². The highest BCUT2D eigenvalue weighted by molar-refractivity contribution is 8.00. The third-order valence-electron chi connectivity index (χ3n) is 4.31. The van der Waals surface area contributed by atoms with E-state index in [2.05, 4.69) is 64.8 Å². The van der Waals surface area contributed by atoms with Crippen molar-refractivity contribution in [3.8, 4) is 17.3 Å². The molecular weight excluding hydrogens is 406 g/mol. The smallest absolute Gasteiger partial charge is 0.229 e. The number of benzene rings is 1. The molecule has 4 rings (SSSR count). The van der Waals surface area contributed by atoms with Gasteiger partial charge in [0.15, 0.2) is 5.82 Å². The highest BCUT2D eigenvalue weighted by atomic mass is 35.5. The molecule has 0 saturated heterocycles. The van der Waals surface area contributed by atoms with Crippen LogP contribution >= 0.6 is 23.5 Å². The molecule has 0 radical (unpaired) electrons. The molecule has 0 bridgehead atoms. The number of rotatable bonds is 5. The molecule has 0 aliphatic carbocycles. The van der Waals surface area contributed by atoms with Crippen LogP contribution in [0.3, 0.4) is 0 Å². The molecule has 8 heteroatoms. The van der Waals surface area contributed by atoms with Crippen LogP contribution in [-0.4, -0.2) is 19.7 Å². The van der Waals surface area contributed by atoms with Crippen molar-refractivity contribution in [3.05, 3.63) is 72.0 Å². The maximum absolute atomic E-state index is 6.18. The Labute approximate surface area is 178 Å². The fraction of sp³-hybridized carbons (Fsp3) is 0.190. The Bertz CT molecular complexity index is 1100. The Morgan fingerprint density at radius 3 is 2.59 bits per heavy atom. The molecule has 3 aromatic heterocycles. The Morgan fingerprint density at radius 1 is 1.10 bits per heavy atom. The number of halogens is 1. The fourth-order valence-corrected chi connectivity index (χ4v) is 3.55. The molecule has 0 aliphatic heterocycles. The van der Waals surface area contributed by atoms with Crippen molar-refractivity contribution in [2.45, 2.75) is 31.1 Å². The molecule has 1 aromatic carbocycles. The van der Waals surface area contributed by atoms with E-state index in [-0.39, 0.29) is 5.41 Å². The molecule has 3 heterocycles.